The van der Waals surface area contributed by atoms with Crippen molar-refractivity contribution in [2.75, 3.05) is 33.9 Å². The molecule has 1 aliphatic heterocycles. The van der Waals surface area contributed by atoms with Crippen molar-refractivity contribution in [3.05, 3.63) is 84.4 Å². The largest absolute Gasteiger partial charge is 0.492 e. The Morgan fingerprint density at radius 1 is 0.857 bits per heavy atom. The minimum Gasteiger partial charge on any atom is -0.492 e. The Hall–Kier alpha value is -4.86. The quantitative estimate of drug-likeness (QED) is 0.288. The number of rotatable bonds is 10. The first kappa shape index (κ1) is 37.0. The highest BCUT2D eigenvalue weighted by Crippen LogP contribution is 2.24. The fraction of sp³-hybridized carbons (Fsp3) is 0.436. The maximum absolute atomic E-state index is 14.0. The number of nitrogens with one attached hydrogen (secondary N) is 2. The van der Waals surface area contributed by atoms with Gasteiger partial charge in [-0.2, -0.15) is 0 Å². The van der Waals surface area contributed by atoms with E-state index in [9.17, 15) is 19.2 Å². The third kappa shape index (κ3) is 10.3. The molecule has 262 valence electrons. The van der Waals surface area contributed by atoms with Crippen molar-refractivity contribution in [3.8, 4) is 22.6 Å². The summed E-state index contributed by atoms with van der Waals surface area (Å²) in [6, 6.07) is 22.2. The molecule has 4 amide bonds. The molecule has 0 aliphatic carbocycles. The van der Waals surface area contributed by atoms with Crippen molar-refractivity contribution in [2.24, 2.45) is 11.8 Å². The van der Waals surface area contributed by atoms with Gasteiger partial charge in [-0.05, 0) is 60.1 Å². The highest BCUT2D eigenvalue weighted by Gasteiger charge is 2.36. The van der Waals surface area contributed by atoms with E-state index in [1.807, 2.05) is 68.4 Å². The van der Waals surface area contributed by atoms with E-state index in [2.05, 4.69) is 24.5 Å². The number of fused-ring (bicyclic) bond motifs is 1. The number of nitrogens with zero attached hydrogens (tertiary/aromatic N) is 2. The molecule has 4 rings (SSSR count). The van der Waals surface area contributed by atoms with Crippen LogP contribution in [-0.4, -0.2) is 85.4 Å². The number of hydrogen-bond acceptors (Lipinski definition) is 6. The first-order valence-corrected chi connectivity index (χ1v) is 17.1. The zero-order valence-corrected chi connectivity index (χ0v) is 29.5. The molecule has 0 unspecified atom stereocenters. The number of likely N-dealkylation sites (N-methyl/N-ethyl adjacent to an activating group) is 2. The molecule has 0 saturated heterocycles. The van der Waals surface area contributed by atoms with Crippen molar-refractivity contribution < 1.29 is 28.7 Å². The van der Waals surface area contributed by atoms with E-state index in [1.165, 1.54) is 4.90 Å². The average molecular weight is 671 g/mol. The number of para-hydroxylation sites is 1. The molecule has 0 spiro atoms. The summed E-state index contributed by atoms with van der Waals surface area (Å²) in [6.07, 6.45) is 0.782. The van der Waals surface area contributed by atoms with Gasteiger partial charge in [0, 0.05) is 14.1 Å². The molecule has 3 aromatic carbocycles. The number of carbonyl (C=O) groups is 4. The standard InChI is InChI=1S/C39H50N4O6/c1-26(2)22-30-25-49-35-15-11-10-14-32(35)37(45)41-33(24-36(44)43(6)34(23-27(3)4)39(47)42(30)5)38(46)40-20-21-48-31-18-16-29(17-19-31)28-12-8-7-9-13-28/h7-19,26-27,30,33-34H,20-25H2,1-6H3,(H,40,46)(H,41,45)/t30-,33+,34+/m1/s1. The van der Waals surface area contributed by atoms with Crippen LogP contribution < -0.4 is 20.1 Å². The van der Waals surface area contributed by atoms with E-state index in [-0.39, 0.29) is 55.5 Å². The van der Waals surface area contributed by atoms with Crippen LogP contribution in [-0.2, 0) is 14.4 Å². The molecular formula is C39H50N4O6. The Bertz CT molecular complexity index is 1560. The molecule has 1 heterocycles. The summed E-state index contributed by atoms with van der Waals surface area (Å²) in [5.41, 5.74) is 2.39. The van der Waals surface area contributed by atoms with Crippen molar-refractivity contribution in [1.82, 2.24) is 20.4 Å². The average Bonchev–Trinajstić information content (AvgIpc) is 3.09. The third-order valence-corrected chi connectivity index (χ3v) is 8.67. The molecule has 0 fully saturated rings. The molecule has 2 N–H and O–H groups in total. The van der Waals surface area contributed by atoms with Crippen LogP contribution in [0.1, 0.15) is 57.3 Å². The van der Waals surface area contributed by atoms with Gasteiger partial charge >= 0.3 is 0 Å². The smallest absolute Gasteiger partial charge is 0.255 e. The number of ether oxygens (including phenoxy) is 2. The van der Waals surface area contributed by atoms with Crippen LogP contribution >= 0.6 is 0 Å². The number of carbonyl (C=O) groups excluding carboxylic acids is 4. The minimum absolute atomic E-state index is 0.122. The summed E-state index contributed by atoms with van der Waals surface area (Å²) in [6.45, 7) is 8.63. The van der Waals surface area contributed by atoms with Gasteiger partial charge in [0.15, 0.2) is 0 Å². The lowest BCUT2D eigenvalue weighted by atomic mass is 9.98. The van der Waals surface area contributed by atoms with Gasteiger partial charge < -0.3 is 29.9 Å². The van der Waals surface area contributed by atoms with Gasteiger partial charge in [0.05, 0.1) is 24.6 Å². The molecule has 0 bridgehead atoms. The van der Waals surface area contributed by atoms with Gasteiger partial charge in [-0.3, -0.25) is 19.2 Å². The lowest BCUT2D eigenvalue weighted by molar-refractivity contribution is -0.147. The number of benzene rings is 3. The van der Waals surface area contributed by atoms with Crippen molar-refractivity contribution in [1.29, 1.82) is 0 Å². The monoisotopic (exact) mass is 670 g/mol. The van der Waals surface area contributed by atoms with Crippen LogP contribution in [0.2, 0.25) is 0 Å². The highest BCUT2D eigenvalue weighted by molar-refractivity contribution is 6.01. The normalized spacial score (nSPS) is 19.2. The van der Waals surface area contributed by atoms with Crippen LogP contribution in [0, 0.1) is 11.8 Å². The molecule has 3 atom stereocenters. The Morgan fingerprint density at radius 3 is 2.16 bits per heavy atom. The van der Waals surface area contributed by atoms with Gasteiger partial charge in [-0.25, -0.2) is 0 Å². The molecule has 49 heavy (non-hydrogen) atoms. The van der Waals surface area contributed by atoms with E-state index in [4.69, 9.17) is 9.47 Å². The van der Waals surface area contributed by atoms with E-state index < -0.39 is 29.8 Å². The van der Waals surface area contributed by atoms with Gasteiger partial charge in [0.25, 0.3) is 5.91 Å². The van der Waals surface area contributed by atoms with Gasteiger partial charge in [0.1, 0.15) is 36.8 Å². The first-order valence-electron chi connectivity index (χ1n) is 17.1. The Labute approximate surface area is 290 Å². The number of amides is 4. The lowest BCUT2D eigenvalue weighted by Crippen LogP contribution is -2.55. The van der Waals surface area contributed by atoms with E-state index >= 15 is 0 Å². The van der Waals surface area contributed by atoms with Gasteiger partial charge in [-0.15, -0.1) is 0 Å². The van der Waals surface area contributed by atoms with Gasteiger partial charge in [0.2, 0.25) is 17.7 Å². The topological polar surface area (TPSA) is 117 Å². The van der Waals surface area contributed by atoms with Gasteiger partial charge in [-0.1, -0.05) is 82.3 Å². The van der Waals surface area contributed by atoms with E-state index in [0.717, 1.165) is 11.1 Å². The van der Waals surface area contributed by atoms with Crippen LogP contribution in [0.3, 0.4) is 0 Å². The van der Waals surface area contributed by atoms with E-state index in [1.54, 1.807) is 43.3 Å². The molecule has 10 nitrogen and oxygen atoms in total. The Kier molecular flexibility index (Phi) is 13.2. The maximum Gasteiger partial charge on any atom is 0.255 e. The summed E-state index contributed by atoms with van der Waals surface area (Å²) in [5.74, 6) is -0.320. The van der Waals surface area contributed by atoms with Crippen molar-refractivity contribution in [2.45, 2.75) is 65.1 Å². The highest BCUT2D eigenvalue weighted by atomic mass is 16.5. The predicted octanol–water partition coefficient (Wildman–Crippen LogP) is 5.18. The fourth-order valence-corrected chi connectivity index (χ4v) is 5.91. The fourth-order valence-electron chi connectivity index (χ4n) is 5.91. The molecule has 10 heteroatoms. The summed E-state index contributed by atoms with van der Waals surface area (Å²) < 4.78 is 12.0. The molecule has 0 radical (unpaired) electrons. The second-order valence-electron chi connectivity index (χ2n) is 13.4. The third-order valence-electron chi connectivity index (χ3n) is 8.67. The Morgan fingerprint density at radius 2 is 1.49 bits per heavy atom. The minimum atomic E-state index is -1.20. The molecular weight excluding hydrogens is 620 g/mol. The molecule has 1 aliphatic rings. The van der Waals surface area contributed by atoms with E-state index in [0.29, 0.717) is 24.3 Å². The molecule has 0 aromatic heterocycles. The lowest BCUT2D eigenvalue weighted by Gasteiger charge is -2.37. The molecule has 3 aromatic rings. The zero-order chi connectivity index (χ0) is 35.5. The van der Waals surface area contributed by atoms with Crippen LogP contribution in [0.4, 0.5) is 0 Å². The first-order chi connectivity index (χ1) is 23.4. The SMILES string of the molecule is CC(C)C[C@@H]1COc2ccccc2C(=O)N[C@H](C(=O)NCCOc2ccc(-c3ccccc3)cc2)CC(=O)N(C)[C@@H](CC(C)C)C(=O)N1C. The van der Waals surface area contributed by atoms with Crippen LogP contribution in [0.15, 0.2) is 78.9 Å². The Balaban J connectivity index is 1.51. The molecule has 0 saturated carbocycles. The zero-order valence-electron chi connectivity index (χ0n) is 29.5. The summed E-state index contributed by atoms with van der Waals surface area (Å²) in [4.78, 5) is 58.0. The summed E-state index contributed by atoms with van der Waals surface area (Å²) >= 11 is 0. The summed E-state index contributed by atoms with van der Waals surface area (Å²) in [5, 5.41) is 5.56. The maximum atomic E-state index is 14.0. The number of hydrogen-bond donors (Lipinski definition) is 2. The summed E-state index contributed by atoms with van der Waals surface area (Å²) in [7, 11) is 3.33. The van der Waals surface area contributed by atoms with Crippen molar-refractivity contribution >= 4 is 23.6 Å². The predicted molar refractivity (Wildman–Crippen MR) is 190 cm³/mol. The van der Waals surface area contributed by atoms with Crippen LogP contribution in [0.5, 0.6) is 11.5 Å². The second-order valence-corrected chi connectivity index (χ2v) is 13.4. The second kappa shape index (κ2) is 17.5. The van der Waals surface area contributed by atoms with Crippen LogP contribution in [0.25, 0.3) is 11.1 Å². The van der Waals surface area contributed by atoms with Crippen molar-refractivity contribution in [3.63, 3.8) is 0 Å².